The fourth-order valence-electron chi connectivity index (χ4n) is 3.67. The average molecular weight is 411 g/mol. The van der Waals surface area contributed by atoms with Crippen LogP contribution < -0.4 is 10.1 Å². The molecule has 158 valence electrons. The fourth-order valence-corrected chi connectivity index (χ4v) is 3.67. The number of aromatic nitrogens is 2. The summed E-state index contributed by atoms with van der Waals surface area (Å²) < 4.78 is 10.5. The molecule has 30 heavy (non-hydrogen) atoms. The maximum Gasteiger partial charge on any atom is 0.255 e. The third-order valence-corrected chi connectivity index (χ3v) is 5.49. The van der Waals surface area contributed by atoms with Gasteiger partial charge in [-0.15, -0.1) is 0 Å². The second kappa shape index (κ2) is 8.76. The van der Waals surface area contributed by atoms with Crippen molar-refractivity contribution in [1.29, 1.82) is 0 Å². The standard InChI is InChI=1S/C21H25N5O4/c1-25-7-8-30-13-18(25)20(27)24-16-9-15-12-26(6-5-17(15)22-11-16)21(28)14-3-4-19(29-2)23-10-14/h3-4,9-11,18H,5-8,12-13H2,1-2H3,(H,24,27)/t18-/m0/s1. The van der Waals surface area contributed by atoms with Crippen LogP contribution in [0.2, 0.25) is 0 Å². The van der Waals surface area contributed by atoms with Crippen LogP contribution in [-0.4, -0.2) is 78.1 Å². The summed E-state index contributed by atoms with van der Waals surface area (Å²) in [4.78, 5) is 37.8. The molecule has 1 fully saturated rings. The molecule has 2 aromatic heterocycles. The van der Waals surface area contributed by atoms with Gasteiger partial charge in [-0.2, -0.15) is 0 Å². The molecule has 0 aromatic carbocycles. The zero-order valence-electron chi connectivity index (χ0n) is 17.1. The Morgan fingerprint density at radius 3 is 2.83 bits per heavy atom. The lowest BCUT2D eigenvalue weighted by atomic mass is 10.0. The van der Waals surface area contributed by atoms with E-state index >= 15 is 0 Å². The van der Waals surface area contributed by atoms with E-state index in [0.29, 0.717) is 49.9 Å². The summed E-state index contributed by atoms with van der Waals surface area (Å²) in [7, 11) is 3.45. The number of methoxy groups -OCH3 is 1. The highest BCUT2D eigenvalue weighted by Crippen LogP contribution is 2.22. The normalized spacial score (nSPS) is 19.1. The Kier molecular flexibility index (Phi) is 5.91. The molecule has 1 saturated heterocycles. The second-order valence-electron chi connectivity index (χ2n) is 7.46. The molecule has 0 spiro atoms. The van der Waals surface area contributed by atoms with Crippen molar-refractivity contribution in [2.24, 2.45) is 0 Å². The summed E-state index contributed by atoms with van der Waals surface area (Å²) in [6.07, 6.45) is 3.86. The van der Waals surface area contributed by atoms with Gasteiger partial charge in [0.05, 0.1) is 37.8 Å². The molecule has 0 radical (unpaired) electrons. The van der Waals surface area contributed by atoms with E-state index in [0.717, 1.165) is 17.8 Å². The van der Waals surface area contributed by atoms with Gasteiger partial charge >= 0.3 is 0 Å². The van der Waals surface area contributed by atoms with Crippen LogP contribution in [0, 0.1) is 0 Å². The molecule has 2 aliphatic rings. The van der Waals surface area contributed by atoms with Gasteiger partial charge in [-0.25, -0.2) is 4.98 Å². The third kappa shape index (κ3) is 4.27. The highest BCUT2D eigenvalue weighted by atomic mass is 16.5. The van der Waals surface area contributed by atoms with Crippen molar-refractivity contribution >= 4 is 17.5 Å². The number of hydrogen-bond acceptors (Lipinski definition) is 7. The molecule has 2 aromatic rings. The van der Waals surface area contributed by atoms with Crippen LogP contribution >= 0.6 is 0 Å². The summed E-state index contributed by atoms with van der Waals surface area (Å²) in [6.45, 7) is 2.75. The summed E-state index contributed by atoms with van der Waals surface area (Å²) in [5.41, 5.74) is 3.01. The molecule has 0 aliphatic carbocycles. The third-order valence-electron chi connectivity index (χ3n) is 5.49. The fraction of sp³-hybridized carbons (Fsp3) is 0.429. The lowest BCUT2D eigenvalue weighted by Gasteiger charge is -2.31. The Balaban J connectivity index is 1.45. The van der Waals surface area contributed by atoms with Gasteiger partial charge in [-0.1, -0.05) is 0 Å². The van der Waals surface area contributed by atoms with Crippen molar-refractivity contribution in [3.05, 3.63) is 47.4 Å². The number of nitrogens with one attached hydrogen (secondary N) is 1. The predicted molar refractivity (Wildman–Crippen MR) is 109 cm³/mol. The lowest BCUT2D eigenvalue weighted by Crippen LogP contribution is -2.49. The monoisotopic (exact) mass is 411 g/mol. The van der Waals surface area contributed by atoms with Crippen molar-refractivity contribution in [2.45, 2.75) is 19.0 Å². The van der Waals surface area contributed by atoms with Crippen molar-refractivity contribution in [3.8, 4) is 5.88 Å². The maximum atomic E-state index is 12.9. The van der Waals surface area contributed by atoms with Crippen LogP contribution in [0.5, 0.6) is 5.88 Å². The molecule has 1 N–H and O–H groups in total. The predicted octanol–water partition coefficient (Wildman–Crippen LogP) is 0.953. The van der Waals surface area contributed by atoms with E-state index in [1.807, 2.05) is 18.0 Å². The first kappa shape index (κ1) is 20.2. The van der Waals surface area contributed by atoms with Gasteiger partial charge in [0.2, 0.25) is 11.8 Å². The number of carbonyl (C=O) groups excluding carboxylic acids is 2. The van der Waals surface area contributed by atoms with Gasteiger partial charge < -0.3 is 19.7 Å². The molecule has 9 nitrogen and oxygen atoms in total. The molecular formula is C21H25N5O4. The van der Waals surface area contributed by atoms with E-state index in [9.17, 15) is 9.59 Å². The Hall–Kier alpha value is -3.04. The summed E-state index contributed by atoms with van der Waals surface area (Å²) in [5, 5.41) is 2.93. The molecule has 0 unspecified atom stereocenters. The van der Waals surface area contributed by atoms with E-state index < -0.39 is 0 Å². The lowest BCUT2D eigenvalue weighted by molar-refractivity contribution is -0.126. The Labute approximate surface area is 175 Å². The molecule has 2 aliphatic heterocycles. The first-order valence-electron chi connectivity index (χ1n) is 9.91. The van der Waals surface area contributed by atoms with E-state index in [1.165, 1.54) is 13.3 Å². The first-order chi connectivity index (χ1) is 14.5. The zero-order valence-corrected chi connectivity index (χ0v) is 17.1. The van der Waals surface area contributed by atoms with E-state index in [4.69, 9.17) is 9.47 Å². The molecule has 9 heteroatoms. The SMILES string of the molecule is COc1ccc(C(=O)N2CCc3ncc(NC(=O)[C@@H]4COCCN4C)cc3C2)cn1. The Bertz CT molecular complexity index is 933. The highest BCUT2D eigenvalue weighted by molar-refractivity contribution is 5.95. The number of pyridine rings is 2. The molecule has 0 saturated carbocycles. The van der Waals surface area contributed by atoms with E-state index in [2.05, 4.69) is 15.3 Å². The van der Waals surface area contributed by atoms with Gasteiger partial charge in [0.15, 0.2) is 0 Å². The first-order valence-corrected chi connectivity index (χ1v) is 9.91. The topological polar surface area (TPSA) is 96.9 Å². The van der Waals surface area contributed by atoms with Crippen molar-refractivity contribution in [2.75, 3.05) is 45.8 Å². The van der Waals surface area contributed by atoms with E-state index in [-0.39, 0.29) is 17.9 Å². The molecule has 4 heterocycles. The molecule has 1 atom stereocenters. The quantitative estimate of drug-likeness (QED) is 0.800. The van der Waals surface area contributed by atoms with Crippen molar-refractivity contribution in [3.63, 3.8) is 0 Å². The number of hydrogen-bond donors (Lipinski definition) is 1. The number of anilines is 1. The van der Waals surface area contributed by atoms with Crippen LogP contribution in [0.3, 0.4) is 0 Å². The van der Waals surface area contributed by atoms with Crippen molar-refractivity contribution in [1.82, 2.24) is 19.8 Å². The minimum absolute atomic E-state index is 0.0915. The van der Waals surface area contributed by atoms with Crippen molar-refractivity contribution < 1.29 is 19.1 Å². The largest absolute Gasteiger partial charge is 0.481 e. The maximum absolute atomic E-state index is 12.9. The number of rotatable bonds is 4. The number of amides is 2. The van der Waals surface area contributed by atoms with E-state index in [1.54, 1.807) is 23.2 Å². The average Bonchev–Trinajstić information content (AvgIpc) is 2.78. The van der Waals surface area contributed by atoms with Crippen LogP contribution in [0.25, 0.3) is 0 Å². The van der Waals surface area contributed by atoms with Crippen LogP contribution in [0.4, 0.5) is 5.69 Å². The van der Waals surface area contributed by atoms with Gasteiger partial charge in [0.25, 0.3) is 5.91 Å². The molecule has 4 rings (SSSR count). The molecule has 2 amide bonds. The number of ether oxygens (including phenoxy) is 2. The Morgan fingerprint density at radius 2 is 2.10 bits per heavy atom. The summed E-state index contributed by atoms with van der Waals surface area (Å²) in [6, 6.07) is 4.96. The van der Waals surface area contributed by atoms with Crippen LogP contribution in [0.15, 0.2) is 30.6 Å². The minimum Gasteiger partial charge on any atom is -0.481 e. The highest BCUT2D eigenvalue weighted by Gasteiger charge is 2.27. The number of fused-ring (bicyclic) bond motifs is 1. The molecular weight excluding hydrogens is 386 g/mol. The smallest absolute Gasteiger partial charge is 0.255 e. The van der Waals surface area contributed by atoms with Gasteiger partial charge in [-0.05, 0) is 24.7 Å². The number of carbonyl (C=O) groups is 2. The summed E-state index contributed by atoms with van der Waals surface area (Å²) >= 11 is 0. The minimum atomic E-state index is -0.324. The Morgan fingerprint density at radius 1 is 1.23 bits per heavy atom. The van der Waals surface area contributed by atoms with Crippen LogP contribution in [-0.2, 0) is 22.5 Å². The second-order valence-corrected chi connectivity index (χ2v) is 7.46. The van der Waals surface area contributed by atoms with Gasteiger partial charge in [0, 0.05) is 44.0 Å². The number of likely N-dealkylation sites (N-methyl/N-ethyl adjacent to an activating group) is 1. The number of nitrogens with zero attached hydrogens (tertiary/aromatic N) is 4. The van der Waals surface area contributed by atoms with Gasteiger partial charge in [-0.3, -0.25) is 19.5 Å². The van der Waals surface area contributed by atoms with Crippen LogP contribution in [0.1, 0.15) is 21.6 Å². The summed E-state index contributed by atoms with van der Waals surface area (Å²) in [5.74, 6) is 0.257. The van der Waals surface area contributed by atoms with Gasteiger partial charge in [0.1, 0.15) is 6.04 Å². The molecule has 0 bridgehead atoms. The zero-order chi connectivity index (χ0) is 21.1. The number of morpholine rings is 1.